The third-order valence-corrected chi connectivity index (χ3v) is 4.05. The quantitative estimate of drug-likeness (QED) is 0.682. The van der Waals surface area contributed by atoms with Gasteiger partial charge in [-0.15, -0.1) is 0 Å². The highest BCUT2D eigenvalue weighted by atomic mass is 32.2. The summed E-state index contributed by atoms with van der Waals surface area (Å²) in [6.45, 7) is -0.780. The van der Waals surface area contributed by atoms with Crippen LogP contribution >= 0.6 is 11.8 Å². The second-order valence-electron chi connectivity index (χ2n) is 4.60. The van der Waals surface area contributed by atoms with Crippen LogP contribution in [-0.4, -0.2) is 49.9 Å². The molecular weight excluding hydrogens is 338 g/mol. The Bertz CT molecular complexity index is 704. The second-order valence-corrected chi connectivity index (χ2v) is 5.59. The van der Waals surface area contributed by atoms with E-state index in [-0.39, 0.29) is 4.91 Å². The van der Waals surface area contributed by atoms with Gasteiger partial charge < -0.3 is 24.1 Å². The molecule has 1 aromatic carbocycles. The Morgan fingerprint density at radius 1 is 1.17 bits per heavy atom. The van der Waals surface area contributed by atoms with E-state index in [9.17, 15) is 19.5 Å². The predicted octanol–water partition coefficient (Wildman–Crippen LogP) is 0.499. The van der Waals surface area contributed by atoms with Crippen molar-refractivity contribution >= 4 is 35.0 Å². The van der Waals surface area contributed by atoms with Crippen LogP contribution in [0.15, 0.2) is 17.0 Å². The number of benzene rings is 1. The highest BCUT2D eigenvalue weighted by Crippen LogP contribution is 2.40. The van der Waals surface area contributed by atoms with E-state index in [4.69, 9.17) is 14.2 Å². The van der Waals surface area contributed by atoms with Crippen molar-refractivity contribution < 1.29 is 33.7 Å². The summed E-state index contributed by atoms with van der Waals surface area (Å²) in [6.07, 6.45) is 1.45. The number of amides is 2. The van der Waals surface area contributed by atoms with Crippen LogP contribution < -0.4 is 19.3 Å². The number of hydrogen-bond donors (Lipinski definition) is 0. The Labute approximate surface area is 142 Å². The summed E-state index contributed by atoms with van der Waals surface area (Å²) in [7, 11) is 4.37. The van der Waals surface area contributed by atoms with Gasteiger partial charge in [0.15, 0.2) is 11.5 Å². The Morgan fingerprint density at radius 2 is 1.75 bits per heavy atom. The van der Waals surface area contributed by atoms with Gasteiger partial charge in [0.25, 0.3) is 11.1 Å². The van der Waals surface area contributed by atoms with E-state index < -0.39 is 23.7 Å². The van der Waals surface area contributed by atoms with Gasteiger partial charge in [-0.05, 0) is 35.5 Å². The van der Waals surface area contributed by atoms with Gasteiger partial charge in [-0.1, -0.05) is 0 Å². The summed E-state index contributed by atoms with van der Waals surface area (Å²) >= 11 is 0.650. The maximum atomic E-state index is 12.1. The molecule has 1 saturated heterocycles. The Hall–Kier alpha value is -2.68. The first-order chi connectivity index (χ1) is 11.4. The minimum atomic E-state index is -1.51. The van der Waals surface area contributed by atoms with Crippen LogP contribution in [-0.2, 0) is 9.59 Å². The molecule has 0 bridgehead atoms. The number of thioether (sulfide) groups is 1. The molecule has 8 nitrogen and oxygen atoms in total. The molecule has 0 aromatic heterocycles. The average molecular weight is 352 g/mol. The fraction of sp³-hybridized carbons (Fsp3) is 0.267. The van der Waals surface area contributed by atoms with E-state index in [1.807, 2.05) is 0 Å². The molecule has 0 radical (unpaired) electrons. The van der Waals surface area contributed by atoms with Crippen LogP contribution in [0.2, 0.25) is 0 Å². The molecule has 1 aromatic rings. The molecule has 0 saturated carbocycles. The summed E-state index contributed by atoms with van der Waals surface area (Å²) in [5.74, 6) is -1.04. The van der Waals surface area contributed by atoms with Gasteiger partial charge >= 0.3 is 0 Å². The van der Waals surface area contributed by atoms with Gasteiger partial charge in [-0.2, -0.15) is 0 Å². The molecule has 1 fully saturated rings. The van der Waals surface area contributed by atoms with Gasteiger partial charge in [0.05, 0.1) is 38.7 Å². The largest absolute Gasteiger partial charge is 0.548 e. The van der Waals surface area contributed by atoms with Crippen LogP contribution in [0.25, 0.3) is 6.08 Å². The molecule has 0 spiro atoms. The van der Waals surface area contributed by atoms with Crippen molar-refractivity contribution in [2.75, 3.05) is 27.9 Å². The molecule has 128 valence electrons. The normalized spacial score (nSPS) is 15.8. The lowest BCUT2D eigenvalue weighted by Crippen LogP contribution is -2.40. The van der Waals surface area contributed by atoms with Crippen LogP contribution in [0, 0.1) is 0 Å². The molecule has 2 amide bonds. The third kappa shape index (κ3) is 3.46. The SMILES string of the molecule is COc1cc(C=C2SC(=O)N(CC(=O)[O-])C2=O)cc(OC)c1OC. The molecule has 1 aliphatic rings. The van der Waals surface area contributed by atoms with E-state index in [1.165, 1.54) is 27.4 Å². The van der Waals surface area contributed by atoms with Crippen molar-refractivity contribution in [3.63, 3.8) is 0 Å². The number of carboxylic acids is 1. The topological polar surface area (TPSA) is 105 Å². The fourth-order valence-corrected chi connectivity index (χ4v) is 2.94. The molecule has 9 heteroatoms. The first kappa shape index (κ1) is 17.7. The minimum absolute atomic E-state index is 0.0931. The van der Waals surface area contributed by atoms with E-state index in [0.717, 1.165) is 0 Å². The van der Waals surface area contributed by atoms with Crippen molar-refractivity contribution in [1.82, 2.24) is 4.90 Å². The Morgan fingerprint density at radius 3 is 2.21 bits per heavy atom. The highest BCUT2D eigenvalue weighted by Gasteiger charge is 2.35. The monoisotopic (exact) mass is 352 g/mol. The van der Waals surface area contributed by atoms with Gasteiger partial charge in [0.1, 0.15) is 0 Å². The number of ether oxygens (including phenoxy) is 3. The zero-order valence-electron chi connectivity index (χ0n) is 13.2. The minimum Gasteiger partial charge on any atom is -0.548 e. The van der Waals surface area contributed by atoms with E-state index in [0.29, 0.717) is 39.5 Å². The molecule has 1 heterocycles. The number of methoxy groups -OCH3 is 3. The zero-order chi connectivity index (χ0) is 17.9. The summed E-state index contributed by atoms with van der Waals surface area (Å²) in [5, 5.41) is 9.95. The zero-order valence-corrected chi connectivity index (χ0v) is 14.0. The summed E-state index contributed by atoms with van der Waals surface area (Å²) in [4.78, 5) is 35.2. The lowest BCUT2D eigenvalue weighted by molar-refractivity contribution is -0.305. The highest BCUT2D eigenvalue weighted by molar-refractivity contribution is 8.18. The molecule has 0 N–H and O–H groups in total. The Kier molecular flexibility index (Phi) is 5.35. The van der Waals surface area contributed by atoms with Crippen LogP contribution in [0.4, 0.5) is 4.79 Å². The second kappa shape index (κ2) is 7.26. The van der Waals surface area contributed by atoms with E-state index in [2.05, 4.69) is 0 Å². The maximum Gasteiger partial charge on any atom is 0.293 e. The lowest BCUT2D eigenvalue weighted by Gasteiger charge is -2.13. The molecule has 24 heavy (non-hydrogen) atoms. The number of carbonyl (C=O) groups excluding carboxylic acids is 3. The smallest absolute Gasteiger partial charge is 0.293 e. The molecule has 0 aliphatic carbocycles. The number of imide groups is 1. The van der Waals surface area contributed by atoms with Crippen molar-refractivity contribution in [3.8, 4) is 17.2 Å². The maximum absolute atomic E-state index is 12.1. The molecule has 0 unspecified atom stereocenters. The summed E-state index contributed by atoms with van der Waals surface area (Å²) in [6, 6.07) is 3.21. The Balaban J connectivity index is 2.39. The fourth-order valence-electron chi connectivity index (χ4n) is 2.10. The van der Waals surface area contributed by atoms with Crippen LogP contribution in [0.5, 0.6) is 17.2 Å². The summed E-state index contributed by atoms with van der Waals surface area (Å²) < 4.78 is 15.6. The molecule has 1 aliphatic heterocycles. The number of rotatable bonds is 6. The van der Waals surface area contributed by atoms with Crippen molar-refractivity contribution in [2.45, 2.75) is 0 Å². The molecular formula is C15H14NO7S-. The number of hydrogen-bond acceptors (Lipinski definition) is 8. The predicted molar refractivity (Wildman–Crippen MR) is 83.8 cm³/mol. The average Bonchev–Trinajstić information content (AvgIpc) is 2.80. The number of carboxylic acid groups (broad SMARTS) is 1. The van der Waals surface area contributed by atoms with Gasteiger partial charge in [0, 0.05) is 0 Å². The standard InChI is InChI=1S/C15H15NO7S/c1-21-9-4-8(5-10(22-2)13(9)23-3)6-11-14(19)16(7-12(17)18)15(20)24-11/h4-6H,7H2,1-3H3,(H,17,18)/p-1. The van der Waals surface area contributed by atoms with Gasteiger partial charge in [0.2, 0.25) is 5.75 Å². The first-order valence-electron chi connectivity index (χ1n) is 6.66. The van der Waals surface area contributed by atoms with Gasteiger partial charge in [-0.3, -0.25) is 14.5 Å². The molecule has 0 atom stereocenters. The number of nitrogens with zero attached hydrogens (tertiary/aromatic N) is 1. The number of carbonyl (C=O) groups is 3. The third-order valence-electron chi connectivity index (χ3n) is 3.15. The van der Waals surface area contributed by atoms with Crippen molar-refractivity contribution in [2.24, 2.45) is 0 Å². The van der Waals surface area contributed by atoms with Crippen LogP contribution in [0.3, 0.4) is 0 Å². The lowest BCUT2D eigenvalue weighted by atomic mass is 10.1. The van der Waals surface area contributed by atoms with Crippen molar-refractivity contribution in [1.29, 1.82) is 0 Å². The van der Waals surface area contributed by atoms with Crippen LogP contribution in [0.1, 0.15) is 5.56 Å². The number of aliphatic carboxylic acids is 1. The van der Waals surface area contributed by atoms with Gasteiger partial charge in [-0.25, -0.2) is 0 Å². The van der Waals surface area contributed by atoms with Crippen molar-refractivity contribution in [3.05, 3.63) is 22.6 Å². The molecule has 2 rings (SSSR count). The summed E-state index contributed by atoms with van der Waals surface area (Å²) in [5.41, 5.74) is 0.531. The van der Waals surface area contributed by atoms with E-state index in [1.54, 1.807) is 12.1 Å². The van der Waals surface area contributed by atoms with E-state index >= 15 is 0 Å². The first-order valence-corrected chi connectivity index (χ1v) is 7.48.